The van der Waals surface area contributed by atoms with Gasteiger partial charge >= 0.3 is 0 Å². The minimum absolute atomic E-state index is 0.0399. The average molecular weight is 684 g/mol. The molecule has 2 heterocycles. The van der Waals surface area contributed by atoms with Crippen LogP contribution in [-0.4, -0.2) is 90.2 Å². The Kier molecular flexibility index (Phi) is 11.1. The van der Waals surface area contributed by atoms with E-state index in [9.17, 15) is 23.6 Å². The number of nitrogens with zero attached hydrogens (tertiary/aromatic N) is 3. The fraction of sp³-hybridized carbons (Fsp3) is 0.436. The lowest BCUT2D eigenvalue weighted by atomic mass is 9.83. The molecular formula is C39H46FN5O5. The van der Waals surface area contributed by atoms with Gasteiger partial charge in [0.05, 0.1) is 6.54 Å². The molecule has 1 saturated carbocycles. The largest absolute Gasteiger partial charge is 0.489 e. The van der Waals surface area contributed by atoms with Crippen molar-refractivity contribution in [2.75, 3.05) is 45.1 Å². The van der Waals surface area contributed by atoms with Crippen molar-refractivity contribution in [1.82, 2.24) is 20.0 Å². The lowest BCUT2D eigenvalue weighted by Gasteiger charge is -2.40. The summed E-state index contributed by atoms with van der Waals surface area (Å²) in [6.45, 7) is 3.57. The van der Waals surface area contributed by atoms with Crippen molar-refractivity contribution in [2.24, 2.45) is 0 Å². The Balaban J connectivity index is 1.26. The van der Waals surface area contributed by atoms with Gasteiger partial charge in [-0.3, -0.25) is 19.2 Å². The molecule has 3 aliphatic rings. The zero-order valence-electron chi connectivity index (χ0n) is 28.8. The Morgan fingerprint density at radius 3 is 2.34 bits per heavy atom. The van der Waals surface area contributed by atoms with Gasteiger partial charge in [-0.15, -0.1) is 0 Å². The number of rotatable bonds is 9. The maximum Gasteiger partial charge on any atom is 0.254 e. The molecule has 2 aliphatic heterocycles. The molecule has 50 heavy (non-hydrogen) atoms. The van der Waals surface area contributed by atoms with E-state index in [0.717, 1.165) is 74.2 Å². The van der Waals surface area contributed by atoms with Gasteiger partial charge in [0, 0.05) is 56.5 Å². The van der Waals surface area contributed by atoms with E-state index in [1.54, 1.807) is 11.0 Å². The van der Waals surface area contributed by atoms with E-state index in [-0.39, 0.29) is 49.4 Å². The Bertz CT molecular complexity index is 1710. The predicted octanol–water partition coefficient (Wildman–Crippen LogP) is 5.20. The van der Waals surface area contributed by atoms with Crippen molar-refractivity contribution in [2.45, 2.75) is 70.1 Å². The first-order valence-electron chi connectivity index (χ1n) is 17.6. The molecule has 264 valence electrons. The first kappa shape index (κ1) is 35.1. The van der Waals surface area contributed by atoms with E-state index in [1.165, 1.54) is 24.3 Å². The summed E-state index contributed by atoms with van der Waals surface area (Å²) < 4.78 is 21.0. The molecule has 4 amide bonds. The third-order valence-corrected chi connectivity index (χ3v) is 9.95. The average Bonchev–Trinajstić information content (AvgIpc) is 3.54. The lowest BCUT2D eigenvalue weighted by Crippen LogP contribution is -2.61. The van der Waals surface area contributed by atoms with Crippen LogP contribution in [0.4, 0.5) is 10.1 Å². The summed E-state index contributed by atoms with van der Waals surface area (Å²) in [5, 5.41) is 5.48. The number of likely N-dealkylation sites (N-methyl/N-ethyl adjacent to an activating group) is 1. The van der Waals surface area contributed by atoms with Gasteiger partial charge in [0.15, 0.2) is 0 Å². The summed E-state index contributed by atoms with van der Waals surface area (Å²) in [6, 6.07) is 17.8. The first-order valence-corrected chi connectivity index (χ1v) is 17.6. The highest BCUT2D eigenvalue weighted by atomic mass is 19.1. The van der Waals surface area contributed by atoms with Gasteiger partial charge in [-0.25, -0.2) is 4.39 Å². The van der Waals surface area contributed by atoms with Crippen molar-refractivity contribution in [3.8, 4) is 5.75 Å². The SMILES string of the molecule is CC(=O)Nc1cc(F)cc(C(=O)N2CCN(C(=O)c3ccc(O[C@H]4CCN(C)C4)c(C4CCCCC4)c3)C(C(=O)NCc3ccccc3)C2)c1. The summed E-state index contributed by atoms with van der Waals surface area (Å²) in [7, 11) is 2.09. The van der Waals surface area contributed by atoms with Crippen molar-refractivity contribution in [3.05, 3.63) is 94.8 Å². The molecule has 0 aromatic heterocycles. The summed E-state index contributed by atoms with van der Waals surface area (Å²) in [4.78, 5) is 58.8. The molecule has 2 saturated heterocycles. The third kappa shape index (κ3) is 8.50. The van der Waals surface area contributed by atoms with Crippen LogP contribution in [0.25, 0.3) is 0 Å². The number of carbonyl (C=O) groups is 4. The van der Waals surface area contributed by atoms with Gasteiger partial charge in [0.1, 0.15) is 23.7 Å². The number of nitrogens with one attached hydrogen (secondary N) is 2. The van der Waals surface area contributed by atoms with Crippen LogP contribution in [0.15, 0.2) is 66.7 Å². The molecule has 3 aromatic rings. The second-order valence-electron chi connectivity index (χ2n) is 13.8. The van der Waals surface area contributed by atoms with Crippen molar-refractivity contribution >= 4 is 29.3 Å². The summed E-state index contributed by atoms with van der Waals surface area (Å²) in [6.07, 6.45) is 6.58. The molecule has 0 spiro atoms. The molecular weight excluding hydrogens is 637 g/mol. The molecule has 2 atom stereocenters. The molecule has 0 radical (unpaired) electrons. The van der Waals surface area contributed by atoms with Crippen molar-refractivity contribution in [1.29, 1.82) is 0 Å². The number of likely N-dealkylation sites (tertiary alicyclic amines) is 1. The smallest absolute Gasteiger partial charge is 0.254 e. The third-order valence-electron chi connectivity index (χ3n) is 9.95. The number of halogens is 1. The van der Waals surface area contributed by atoms with Gasteiger partial charge in [-0.2, -0.15) is 0 Å². The fourth-order valence-electron chi connectivity index (χ4n) is 7.37. The molecule has 6 rings (SSSR count). The van der Waals surface area contributed by atoms with Gasteiger partial charge in [0.2, 0.25) is 11.8 Å². The van der Waals surface area contributed by atoms with Crippen molar-refractivity contribution in [3.63, 3.8) is 0 Å². The number of anilines is 1. The van der Waals surface area contributed by atoms with E-state index in [2.05, 4.69) is 22.6 Å². The molecule has 3 aromatic carbocycles. The molecule has 0 bridgehead atoms. The Labute approximate surface area is 292 Å². The molecule has 3 fully saturated rings. The van der Waals surface area contributed by atoms with E-state index >= 15 is 0 Å². The van der Waals surface area contributed by atoms with E-state index in [4.69, 9.17) is 4.74 Å². The zero-order valence-corrected chi connectivity index (χ0v) is 28.8. The van der Waals surface area contributed by atoms with Crippen LogP contribution in [0, 0.1) is 5.82 Å². The summed E-state index contributed by atoms with van der Waals surface area (Å²) in [5.74, 6) is -1.13. The van der Waals surface area contributed by atoms with Gasteiger partial charge in [0.25, 0.3) is 11.8 Å². The first-order chi connectivity index (χ1) is 24.1. The number of amides is 4. The Morgan fingerprint density at radius 2 is 1.62 bits per heavy atom. The highest BCUT2D eigenvalue weighted by Crippen LogP contribution is 2.39. The van der Waals surface area contributed by atoms with Crippen LogP contribution in [0.2, 0.25) is 0 Å². The van der Waals surface area contributed by atoms with Gasteiger partial charge in [-0.05, 0) is 79.8 Å². The van der Waals surface area contributed by atoms with E-state index in [0.29, 0.717) is 11.5 Å². The predicted molar refractivity (Wildman–Crippen MR) is 189 cm³/mol. The standard InChI is InChI=1S/C39H46FN5O5/c1-26(46)42-32-20-30(19-31(40)22-32)38(48)44-17-18-45(35(25-44)37(47)41-23-27-9-5-3-6-10-27)39(49)29-13-14-36(50-33-15-16-43(2)24-33)34(21-29)28-11-7-4-8-12-28/h3,5-6,9-10,13-14,19-22,28,33,35H,4,7-8,11-12,15-18,23-25H2,1-2H3,(H,41,47)(H,42,46)/t33-,35?/m0/s1. The van der Waals surface area contributed by atoms with Crippen LogP contribution in [-0.2, 0) is 16.1 Å². The van der Waals surface area contributed by atoms with Crippen molar-refractivity contribution < 1.29 is 28.3 Å². The van der Waals surface area contributed by atoms with E-state index in [1.807, 2.05) is 42.5 Å². The number of ether oxygens (including phenoxy) is 1. The fourth-order valence-corrected chi connectivity index (χ4v) is 7.37. The number of carbonyl (C=O) groups excluding carboxylic acids is 4. The highest BCUT2D eigenvalue weighted by molar-refractivity contribution is 6.00. The molecule has 1 aliphatic carbocycles. The van der Waals surface area contributed by atoms with Crippen LogP contribution in [0.3, 0.4) is 0 Å². The van der Waals surface area contributed by atoms with Gasteiger partial charge in [-0.1, -0.05) is 49.6 Å². The summed E-state index contributed by atoms with van der Waals surface area (Å²) >= 11 is 0. The topological polar surface area (TPSA) is 111 Å². The number of hydrogen-bond acceptors (Lipinski definition) is 6. The molecule has 11 heteroatoms. The van der Waals surface area contributed by atoms with Crippen LogP contribution in [0.5, 0.6) is 5.75 Å². The maximum absolute atomic E-state index is 14.5. The monoisotopic (exact) mass is 683 g/mol. The molecule has 10 nitrogen and oxygen atoms in total. The van der Waals surface area contributed by atoms with E-state index < -0.39 is 29.6 Å². The normalized spacial score (nSPS) is 20.0. The molecule has 2 N–H and O–H groups in total. The van der Waals surface area contributed by atoms with Crippen LogP contribution < -0.4 is 15.4 Å². The second-order valence-corrected chi connectivity index (χ2v) is 13.8. The number of piperazine rings is 1. The minimum atomic E-state index is -0.990. The van der Waals surface area contributed by atoms with Gasteiger partial charge < -0.3 is 30.1 Å². The Hall–Kier alpha value is -4.77. The second kappa shape index (κ2) is 15.8. The van der Waals surface area contributed by atoms with Crippen LogP contribution in [0.1, 0.15) is 83.2 Å². The molecule has 1 unspecified atom stereocenters. The van der Waals surface area contributed by atoms with Crippen LogP contribution >= 0.6 is 0 Å². The number of hydrogen-bond donors (Lipinski definition) is 2. The lowest BCUT2D eigenvalue weighted by molar-refractivity contribution is -0.127. The summed E-state index contributed by atoms with van der Waals surface area (Å²) in [5.41, 5.74) is 2.62. The highest BCUT2D eigenvalue weighted by Gasteiger charge is 2.38. The number of benzene rings is 3. The maximum atomic E-state index is 14.5. The quantitative estimate of drug-likeness (QED) is 0.321. The zero-order chi connectivity index (χ0) is 35.2. The Morgan fingerprint density at radius 1 is 0.840 bits per heavy atom. The minimum Gasteiger partial charge on any atom is -0.489 e.